The first-order valence-corrected chi connectivity index (χ1v) is 8.18. The summed E-state index contributed by atoms with van der Waals surface area (Å²) in [4.78, 5) is 14.9. The lowest BCUT2D eigenvalue weighted by Gasteiger charge is -2.34. The number of methoxy groups -OCH3 is 1. The van der Waals surface area contributed by atoms with Gasteiger partial charge in [-0.05, 0) is 19.9 Å². The molecule has 6 nitrogen and oxygen atoms in total. The molecule has 0 saturated carbocycles. The number of nitrogens with one attached hydrogen (secondary N) is 1. The zero-order valence-corrected chi connectivity index (χ0v) is 14.7. The Hall–Kier alpha value is -2.34. The van der Waals surface area contributed by atoms with Gasteiger partial charge in [0.2, 0.25) is 0 Å². The van der Waals surface area contributed by atoms with Crippen LogP contribution in [0.4, 0.5) is 0 Å². The molecule has 1 aromatic heterocycles. The van der Waals surface area contributed by atoms with Crippen molar-refractivity contribution in [3.05, 3.63) is 46.8 Å². The number of amides is 1. The average Bonchev–Trinajstić information content (AvgIpc) is 2.86. The molecule has 1 fully saturated rings. The number of benzene rings is 1. The molecule has 3 rings (SSSR count). The third kappa shape index (κ3) is 2.89. The molecule has 2 aromatic rings. The van der Waals surface area contributed by atoms with E-state index in [1.54, 1.807) is 11.8 Å². The fourth-order valence-electron chi connectivity index (χ4n) is 3.34. The number of hydrogen-bond donors (Lipinski definition) is 1. The van der Waals surface area contributed by atoms with Gasteiger partial charge in [-0.15, -0.1) is 0 Å². The Balaban J connectivity index is 1.84. The molecule has 0 radical (unpaired) electrons. The summed E-state index contributed by atoms with van der Waals surface area (Å²) in [7, 11) is 3.54. The minimum absolute atomic E-state index is 0.0551. The second-order valence-electron chi connectivity index (χ2n) is 6.17. The topological polar surface area (TPSA) is 59.4 Å². The number of aromatic nitrogens is 2. The highest BCUT2D eigenvalue weighted by Crippen LogP contribution is 2.27. The number of aryl methyl sites for hydroxylation is 2. The van der Waals surface area contributed by atoms with E-state index in [0.717, 1.165) is 34.8 Å². The number of carbonyl (C=O) groups excluding carboxylic acids is 1. The smallest absolute Gasteiger partial charge is 0.257 e. The van der Waals surface area contributed by atoms with E-state index < -0.39 is 0 Å². The van der Waals surface area contributed by atoms with Gasteiger partial charge in [-0.3, -0.25) is 9.48 Å². The minimum Gasteiger partial charge on any atom is -0.496 e. The second-order valence-corrected chi connectivity index (χ2v) is 6.17. The lowest BCUT2D eigenvalue weighted by Crippen LogP contribution is -2.48. The summed E-state index contributed by atoms with van der Waals surface area (Å²) < 4.78 is 7.23. The molecule has 1 atom stereocenters. The molecule has 0 spiro atoms. The van der Waals surface area contributed by atoms with Crippen LogP contribution in [0.2, 0.25) is 0 Å². The van der Waals surface area contributed by atoms with Gasteiger partial charge < -0.3 is 15.0 Å². The molecule has 128 valence electrons. The first-order chi connectivity index (χ1) is 11.5. The normalized spacial score (nSPS) is 17.8. The van der Waals surface area contributed by atoms with Crippen molar-refractivity contribution in [1.29, 1.82) is 0 Å². The highest BCUT2D eigenvalue weighted by Gasteiger charge is 2.29. The average molecular weight is 328 g/mol. The maximum absolute atomic E-state index is 13.0. The number of rotatable bonds is 3. The Morgan fingerprint density at radius 2 is 2.08 bits per heavy atom. The van der Waals surface area contributed by atoms with Crippen molar-refractivity contribution in [2.75, 3.05) is 26.7 Å². The molecule has 6 heteroatoms. The van der Waals surface area contributed by atoms with E-state index in [1.807, 2.05) is 50.1 Å². The Kier molecular flexibility index (Phi) is 4.57. The van der Waals surface area contributed by atoms with Crippen LogP contribution in [0.1, 0.15) is 33.4 Å². The maximum Gasteiger partial charge on any atom is 0.257 e. The van der Waals surface area contributed by atoms with Crippen LogP contribution >= 0.6 is 0 Å². The van der Waals surface area contributed by atoms with Crippen LogP contribution in [0.3, 0.4) is 0 Å². The zero-order chi connectivity index (χ0) is 17.3. The number of nitrogens with zero attached hydrogens (tertiary/aromatic N) is 3. The van der Waals surface area contributed by atoms with Crippen LogP contribution in [-0.2, 0) is 7.05 Å². The number of para-hydroxylation sites is 1. The van der Waals surface area contributed by atoms with Crippen LogP contribution in [0.25, 0.3) is 0 Å². The first-order valence-electron chi connectivity index (χ1n) is 8.18. The molecular weight excluding hydrogens is 304 g/mol. The third-order valence-electron chi connectivity index (χ3n) is 4.70. The number of ether oxygens (including phenoxy) is 1. The monoisotopic (exact) mass is 328 g/mol. The van der Waals surface area contributed by atoms with Crippen molar-refractivity contribution < 1.29 is 9.53 Å². The van der Waals surface area contributed by atoms with E-state index in [1.165, 1.54) is 0 Å². The van der Waals surface area contributed by atoms with E-state index >= 15 is 0 Å². The Morgan fingerprint density at radius 1 is 1.33 bits per heavy atom. The summed E-state index contributed by atoms with van der Waals surface area (Å²) in [6, 6.07) is 8.01. The van der Waals surface area contributed by atoms with Gasteiger partial charge in [0.05, 0.1) is 24.4 Å². The molecule has 1 amide bonds. The fraction of sp³-hybridized carbons (Fsp3) is 0.444. The summed E-state index contributed by atoms with van der Waals surface area (Å²) in [5.74, 6) is 0.900. The van der Waals surface area contributed by atoms with Gasteiger partial charge >= 0.3 is 0 Å². The second kappa shape index (κ2) is 6.65. The van der Waals surface area contributed by atoms with Crippen molar-refractivity contribution >= 4 is 5.91 Å². The standard InChI is InChI=1S/C18H24N4O2/c1-12-17(13(2)21(3)20-12)18(23)22-10-9-19-15(11-22)14-7-5-6-8-16(14)24-4/h5-8,15,19H,9-11H2,1-4H3. The molecule has 1 aliphatic heterocycles. The summed E-state index contributed by atoms with van der Waals surface area (Å²) in [5, 5.41) is 7.85. The van der Waals surface area contributed by atoms with Crippen LogP contribution in [-0.4, -0.2) is 47.3 Å². The molecule has 0 bridgehead atoms. The van der Waals surface area contributed by atoms with Gasteiger partial charge in [-0.1, -0.05) is 18.2 Å². The molecule has 0 aliphatic carbocycles. The van der Waals surface area contributed by atoms with Crippen LogP contribution in [0.15, 0.2) is 24.3 Å². The highest BCUT2D eigenvalue weighted by atomic mass is 16.5. The first kappa shape index (κ1) is 16.5. The minimum atomic E-state index is 0.0551. The molecule has 1 saturated heterocycles. The van der Waals surface area contributed by atoms with E-state index in [4.69, 9.17) is 4.74 Å². The molecule has 2 heterocycles. The molecule has 1 aliphatic rings. The number of carbonyl (C=O) groups is 1. The predicted molar refractivity (Wildman–Crippen MR) is 92.3 cm³/mol. The number of piperazine rings is 1. The molecule has 1 unspecified atom stereocenters. The van der Waals surface area contributed by atoms with Crippen molar-refractivity contribution in [2.24, 2.45) is 7.05 Å². The van der Waals surface area contributed by atoms with E-state index in [2.05, 4.69) is 10.4 Å². The summed E-state index contributed by atoms with van der Waals surface area (Å²) in [5.41, 5.74) is 3.49. The maximum atomic E-state index is 13.0. The quantitative estimate of drug-likeness (QED) is 0.934. The van der Waals surface area contributed by atoms with Gasteiger partial charge in [0.15, 0.2) is 0 Å². The van der Waals surface area contributed by atoms with Crippen LogP contribution in [0.5, 0.6) is 5.75 Å². The van der Waals surface area contributed by atoms with Crippen molar-refractivity contribution in [3.63, 3.8) is 0 Å². The van der Waals surface area contributed by atoms with E-state index in [9.17, 15) is 4.79 Å². The summed E-state index contributed by atoms with van der Waals surface area (Å²) in [6.45, 7) is 5.89. The molecule has 1 aromatic carbocycles. The van der Waals surface area contributed by atoms with Crippen molar-refractivity contribution in [1.82, 2.24) is 20.0 Å². The Morgan fingerprint density at radius 3 is 2.75 bits per heavy atom. The SMILES string of the molecule is COc1ccccc1C1CN(C(=O)c2c(C)nn(C)c2C)CCN1. The third-order valence-corrected chi connectivity index (χ3v) is 4.70. The summed E-state index contributed by atoms with van der Waals surface area (Å²) >= 11 is 0. The van der Waals surface area contributed by atoms with E-state index in [0.29, 0.717) is 13.1 Å². The molecule has 1 N–H and O–H groups in total. The Bertz CT molecular complexity index is 753. The highest BCUT2D eigenvalue weighted by molar-refractivity contribution is 5.96. The molecular formula is C18H24N4O2. The zero-order valence-electron chi connectivity index (χ0n) is 14.7. The fourth-order valence-corrected chi connectivity index (χ4v) is 3.34. The van der Waals surface area contributed by atoms with E-state index in [-0.39, 0.29) is 11.9 Å². The lowest BCUT2D eigenvalue weighted by molar-refractivity contribution is 0.0700. The van der Waals surface area contributed by atoms with Crippen molar-refractivity contribution in [2.45, 2.75) is 19.9 Å². The van der Waals surface area contributed by atoms with Gasteiger partial charge in [0.1, 0.15) is 5.75 Å². The van der Waals surface area contributed by atoms with Gasteiger partial charge in [0, 0.05) is 37.9 Å². The predicted octanol–water partition coefficient (Wildman–Crippen LogP) is 1.83. The number of hydrogen-bond acceptors (Lipinski definition) is 4. The summed E-state index contributed by atoms with van der Waals surface area (Å²) in [6.07, 6.45) is 0. The van der Waals surface area contributed by atoms with Gasteiger partial charge in [0.25, 0.3) is 5.91 Å². The largest absolute Gasteiger partial charge is 0.496 e. The molecule has 24 heavy (non-hydrogen) atoms. The Labute approximate surface area is 142 Å². The van der Waals surface area contributed by atoms with Crippen LogP contribution < -0.4 is 10.1 Å². The van der Waals surface area contributed by atoms with Crippen molar-refractivity contribution in [3.8, 4) is 5.75 Å². The lowest BCUT2D eigenvalue weighted by atomic mass is 10.0. The van der Waals surface area contributed by atoms with Crippen LogP contribution in [0, 0.1) is 13.8 Å². The van der Waals surface area contributed by atoms with Gasteiger partial charge in [-0.2, -0.15) is 5.10 Å². The van der Waals surface area contributed by atoms with Gasteiger partial charge in [-0.25, -0.2) is 0 Å².